The molecule has 17 heavy (non-hydrogen) atoms. The summed E-state index contributed by atoms with van der Waals surface area (Å²) < 4.78 is 13.4. The zero-order chi connectivity index (χ0) is 12.8. The third-order valence-electron chi connectivity index (χ3n) is 2.40. The SMILES string of the molecule is C#CCC(N)C(=O)N(C)Cc1ccccc1F. The highest BCUT2D eigenvalue weighted by Gasteiger charge is 2.17. The number of halogens is 1. The molecular formula is C13H15FN2O. The van der Waals surface area contributed by atoms with Crippen molar-refractivity contribution in [1.82, 2.24) is 4.90 Å². The number of likely N-dealkylation sites (N-methyl/N-ethyl adjacent to an activating group) is 1. The van der Waals surface area contributed by atoms with Crippen LogP contribution in [0.15, 0.2) is 24.3 Å². The predicted molar refractivity (Wildman–Crippen MR) is 64.3 cm³/mol. The maximum Gasteiger partial charge on any atom is 0.240 e. The second-order valence-corrected chi connectivity index (χ2v) is 3.80. The summed E-state index contributed by atoms with van der Waals surface area (Å²) in [6.45, 7) is 0.184. The first-order valence-electron chi connectivity index (χ1n) is 5.23. The molecule has 0 radical (unpaired) electrons. The van der Waals surface area contributed by atoms with Crippen LogP contribution in [0.2, 0.25) is 0 Å². The number of amides is 1. The Kier molecular flexibility index (Phi) is 4.68. The molecule has 1 atom stereocenters. The van der Waals surface area contributed by atoms with Gasteiger partial charge in [-0.1, -0.05) is 18.2 Å². The molecule has 1 rings (SSSR count). The average Bonchev–Trinajstić information content (AvgIpc) is 2.31. The second-order valence-electron chi connectivity index (χ2n) is 3.80. The number of nitrogens with two attached hydrogens (primary N) is 1. The lowest BCUT2D eigenvalue weighted by Gasteiger charge is -2.20. The van der Waals surface area contributed by atoms with Gasteiger partial charge >= 0.3 is 0 Å². The predicted octanol–water partition coefficient (Wildman–Crippen LogP) is 1.13. The van der Waals surface area contributed by atoms with E-state index in [9.17, 15) is 9.18 Å². The van der Waals surface area contributed by atoms with Crippen LogP contribution < -0.4 is 5.73 Å². The number of hydrogen-bond donors (Lipinski definition) is 1. The van der Waals surface area contributed by atoms with Gasteiger partial charge in [-0.3, -0.25) is 4.79 Å². The van der Waals surface area contributed by atoms with Crippen molar-refractivity contribution < 1.29 is 9.18 Å². The minimum Gasteiger partial charge on any atom is -0.340 e. The first kappa shape index (κ1) is 13.2. The summed E-state index contributed by atoms with van der Waals surface area (Å²) in [5.74, 6) is 1.71. The van der Waals surface area contributed by atoms with Crippen LogP contribution in [0.3, 0.4) is 0 Å². The molecule has 0 bridgehead atoms. The first-order valence-corrected chi connectivity index (χ1v) is 5.23. The zero-order valence-electron chi connectivity index (χ0n) is 9.69. The molecule has 1 unspecified atom stereocenters. The van der Waals surface area contributed by atoms with E-state index in [1.807, 2.05) is 0 Å². The number of nitrogens with zero attached hydrogens (tertiary/aromatic N) is 1. The summed E-state index contributed by atoms with van der Waals surface area (Å²) in [6, 6.07) is 5.58. The average molecular weight is 234 g/mol. The topological polar surface area (TPSA) is 46.3 Å². The molecule has 1 amide bonds. The minimum absolute atomic E-state index is 0.181. The molecule has 1 aromatic carbocycles. The molecule has 0 aliphatic heterocycles. The highest BCUT2D eigenvalue weighted by molar-refractivity contribution is 5.81. The van der Waals surface area contributed by atoms with E-state index in [1.54, 1.807) is 25.2 Å². The van der Waals surface area contributed by atoms with Gasteiger partial charge in [-0.05, 0) is 6.07 Å². The lowest BCUT2D eigenvalue weighted by molar-refractivity contribution is -0.131. The Hall–Kier alpha value is -1.86. The maximum absolute atomic E-state index is 13.4. The van der Waals surface area contributed by atoms with E-state index in [4.69, 9.17) is 12.2 Å². The number of benzene rings is 1. The molecule has 0 saturated carbocycles. The summed E-state index contributed by atoms with van der Waals surface area (Å²) in [5, 5.41) is 0. The van der Waals surface area contributed by atoms with Crippen LogP contribution in [-0.4, -0.2) is 23.9 Å². The largest absolute Gasteiger partial charge is 0.340 e. The van der Waals surface area contributed by atoms with Gasteiger partial charge in [-0.25, -0.2) is 4.39 Å². The van der Waals surface area contributed by atoms with Gasteiger partial charge < -0.3 is 10.6 Å². The molecule has 0 spiro atoms. The van der Waals surface area contributed by atoms with Crippen LogP contribution >= 0.6 is 0 Å². The van der Waals surface area contributed by atoms with Crippen molar-refractivity contribution >= 4 is 5.91 Å². The maximum atomic E-state index is 13.4. The Morgan fingerprint density at radius 3 is 2.82 bits per heavy atom. The number of carbonyl (C=O) groups is 1. The fourth-order valence-electron chi connectivity index (χ4n) is 1.46. The van der Waals surface area contributed by atoms with Crippen LogP contribution in [0.25, 0.3) is 0 Å². The van der Waals surface area contributed by atoms with Gasteiger partial charge in [0, 0.05) is 25.6 Å². The summed E-state index contributed by atoms with van der Waals surface area (Å²) >= 11 is 0. The quantitative estimate of drug-likeness (QED) is 0.794. The Labute approximate surface area is 100 Å². The van der Waals surface area contributed by atoms with Crippen LogP contribution in [-0.2, 0) is 11.3 Å². The Morgan fingerprint density at radius 1 is 1.59 bits per heavy atom. The lowest BCUT2D eigenvalue weighted by Crippen LogP contribution is -2.41. The zero-order valence-corrected chi connectivity index (χ0v) is 9.69. The van der Waals surface area contributed by atoms with Gasteiger partial charge in [0.05, 0.1) is 6.04 Å². The molecule has 2 N–H and O–H groups in total. The molecule has 0 heterocycles. The highest BCUT2D eigenvalue weighted by atomic mass is 19.1. The van der Waals surface area contributed by atoms with Gasteiger partial charge in [0.2, 0.25) is 5.91 Å². The molecule has 4 heteroatoms. The second kappa shape index (κ2) is 6.02. The molecule has 0 fully saturated rings. The van der Waals surface area contributed by atoms with Gasteiger partial charge in [0.25, 0.3) is 0 Å². The van der Waals surface area contributed by atoms with Gasteiger partial charge in [-0.15, -0.1) is 12.3 Å². The van der Waals surface area contributed by atoms with Crippen LogP contribution in [0.1, 0.15) is 12.0 Å². The number of carbonyl (C=O) groups excluding carboxylic acids is 1. The van der Waals surface area contributed by atoms with E-state index < -0.39 is 6.04 Å². The lowest BCUT2D eigenvalue weighted by atomic mass is 10.1. The van der Waals surface area contributed by atoms with Crippen molar-refractivity contribution in [2.45, 2.75) is 19.0 Å². The fraction of sp³-hybridized carbons (Fsp3) is 0.308. The van der Waals surface area contributed by atoms with E-state index >= 15 is 0 Å². The van der Waals surface area contributed by atoms with Crippen molar-refractivity contribution in [1.29, 1.82) is 0 Å². The fourth-order valence-corrected chi connectivity index (χ4v) is 1.46. The highest BCUT2D eigenvalue weighted by Crippen LogP contribution is 2.09. The third kappa shape index (κ3) is 3.58. The van der Waals surface area contributed by atoms with Gasteiger partial charge in [-0.2, -0.15) is 0 Å². The van der Waals surface area contributed by atoms with E-state index in [0.717, 1.165) is 0 Å². The van der Waals surface area contributed by atoms with E-state index in [2.05, 4.69) is 5.92 Å². The Balaban J connectivity index is 2.67. The van der Waals surface area contributed by atoms with Crippen molar-refractivity contribution in [3.05, 3.63) is 35.6 Å². The van der Waals surface area contributed by atoms with Gasteiger partial charge in [0.15, 0.2) is 0 Å². The molecule has 90 valence electrons. The van der Waals surface area contributed by atoms with Crippen LogP contribution in [0.5, 0.6) is 0 Å². The summed E-state index contributed by atoms with van der Waals surface area (Å²) in [6.07, 6.45) is 5.26. The summed E-state index contributed by atoms with van der Waals surface area (Å²) in [7, 11) is 1.57. The Bertz CT molecular complexity index is 439. The monoisotopic (exact) mass is 234 g/mol. The van der Waals surface area contributed by atoms with Gasteiger partial charge in [0.1, 0.15) is 5.82 Å². The molecule has 3 nitrogen and oxygen atoms in total. The van der Waals surface area contributed by atoms with Crippen LogP contribution in [0, 0.1) is 18.2 Å². The third-order valence-corrected chi connectivity index (χ3v) is 2.40. The van der Waals surface area contributed by atoms with Crippen molar-refractivity contribution in [3.63, 3.8) is 0 Å². The summed E-state index contributed by atoms with van der Waals surface area (Å²) in [4.78, 5) is 13.1. The van der Waals surface area contributed by atoms with E-state index in [1.165, 1.54) is 11.0 Å². The van der Waals surface area contributed by atoms with Crippen molar-refractivity contribution in [3.8, 4) is 12.3 Å². The normalized spacial score (nSPS) is 11.6. The van der Waals surface area contributed by atoms with E-state index in [-0.39, 0.29) is 24.7 Å². The number of terminal acetylenes is 1. The minimum atomic E-state index is -0.725. The molecule has 1 aromatic rings. The Morgan fingerprint density at radius 2 is 2.24 bits per heavy atom. The standard InChI is InChI=1S/C13H15FN2O/c1-3-6-12(15)13(17)16(2)9-10-7-4-5-8-11(10)14/h1,4-5,7-8,12H,6,9,15H2,2H3. The molecule has 0 aliphatic carbocycles. The molecule has 0 saturated heterocycles. The molecule has 0 aliphatic rings. The summed E-state index contributed by atoms with van der Waals surface area (Å²) in [5.41, 5.74) is 6.05. The number of hydrogen-bond acceptors (Lipinski definition) is 2. The first-order chi connectivity index (χ1) is 8.06. The smallest absolute Gasteiger partial charge is 0.240 e. The van der Waals surface area contributed by atoms with Crippen molar-refractivity contribution in [2.75, 3.05) is 7.05 Å². The van der Waals surface area contributed by atoms with Crippen molar-refractivity contribution in [2.24, 2.45) is 5.73 Å². The molecule has 0 aromatic heterocycles. The molecular weight excluding hydrogens is 219 g/mol. The van der Waals surface area contributed by atoms with E-state index in [0.29, 0.717) is 5.56 Å². The number of rotatable bonds is 4. The van der Waals surface area contributed by atoms with Crippen LogP contribution in [0.4, 0.5) is 4.39 Å².